The van der Waals surface area contributed by atoms with Gasteiger partial charge in [-0.3, -0.25) is 0 Å². The summed E-state index contributed by atoms with van der Waals surface area (Å²) in [6.45, 7) is 0.694. The van der Waals surface area contributed by atoms with Crippen LogP contribution < -0.4 is 10.5 Å². The Morgan fingerprint density at radius 1 is 1.11 bits per heavy atom. The topological polar surface area (TPSA) is 35.2 Å². The molecule has 0 bridgehead atoms. The van der Waals surface area contributed by atoms with E-state index in [-0.39, 0.29) is 5.75 Å². The van der Waals surface area contributed by atoms with Crippen molar-refractivity contribution in [3.05, 3.63) is 29.8 Å². The van der Waals surface area contributed by atoms with Gasteiger partial charge in [-0.05, 0) is 55.3 Å². The summed E-state index contributed by atoms with van der Waals surface area (Å²) < 4.78 is 39.8. The molecule has 0 aromatic heterocycles. The average molecular weight is 259 g/mol. The Bertz CT molecular complexity index is 386. The molecule has 100 valence electrons. The standard InChI is InChI=1S/C13H16F3NO/c14-13(15,16)18-12-5-1-9(2-6-12)7-10-3-4-11(10)8-17/h1-2,5-6,10-11H,3-4,7-8,17H2. The van der Waals surface area contributed by atoms with Gasteiger partial charge in [0.15, 0.2) is 0 Å². The van der Waals surface area contributed by atoms with Crippen LogP contribution in [0.15, 0.2) is 24.3 Å². The van der Waals surface area contributed by atoms with Gasteiger partial charge in [0.1, 0.15) is 5.75 Å². The number of nitrogens with two attached hydrogens (primary N) is 1. The second-order valence-corrected chi connectivity index (χ2v) is 4.73. The Morgan fingerprint density at radius 2 is 1.72 bits per heavy atom. The maximum atomic E-state index is 12.0. The molecule has 1 aliphatic rings. The number of ether oxygens (including phenoxy) is 1. The average Bonchev–Trinajstić information content (AvgIpc) is 2.25. The van der Waals surface area contributed by atoms with Gasteiger partial charge >= 0.3 is 6.36 Å². The molecule has 0 amide bonds. The minimum Gasteiger partial charge on any atom is -0.406 e. The number of benzene rings is 1. The summed E-state index contributed by atoms with van der Waals surface area (Å²) in [5.41, 5.74) is 6.66. The lowest BCUT2D eigenvalue weighted by atomic mass is 9.71. The molecule has 2 unspecified atom stereocenters. The number of alkyl halides is 3. The molecule has 1 aliphatic carbocycles. The maximum Gasteiger partial charge on any atom is 0.573 e. The molecule has 1 aromatic carbocycles. The van der Waals surface area contributed by atoms with Crippen LogP contribution in [0.25, 0.3) is 0 Å². The Kier molecular flexibility index (Phi) is 3.80. The van der Waals surface area contributed by atoms with Crippen molar-refractivity contribution in [2.75, 3.05) is 6.54 Å². The van der Waals surface area contributed by atoms with Gasteiger partial charge < -0.3 is 10.5 Å². The van der Waals surface area contributed by atoms with Gasteiger partial charge in [-0.2, -0.15) is 0 Å². The molecular weight excluding hydrogens is 243 g/mol. The van der Waals surface area contributed by atoms with Crippen molar-refractivity contribution >= 4 is 0 Å². The highest BCUT2D eigenvalue weighted by Gasteiger charge is 2.31. The summed E-state index contributed by atoms with van der Waals surface area (Å²) in [6, 6.07) is 6.10. The molecule has 0 spiro atoms. The minimum atomic E-state index is -4.62. The molecule has 1 saturated carbocycles. The zero-order valence-electron chi connectivity index (χ0n) is 9.91. The normalized spacial score (nSPS) is 23.6. The quantitative estimate of drug-likeness (QED) is 0.901. The van der Waals surface area contributed by atoms with Crippen LogP contribution in [0.3, 0.4) is 0 Å². The van der Waals surface area contributed by atoms with Crippen molar-refractivity contribution in [3.8, 4) is 5.75 Å². The van der Waals surface area contributed by atoms with E-state index >= 15 is 0 Å². The first-order valence-electron chi connectivity index (χ1n) is 6.02. The summed E-state index contributed by atoms with van der Waals surface area (Å²) in [6.07, 6.45) is -1.42. The van der Waals surface area contributed by atoms with Gasteiger partial charge in [0.05, 0.1) is 0 Å². The smallest absolute Gasteiger partial charge is 0.406 e. The second kappa shape index (κ2) is 5.18. The molecule has 1 fully saturated rings. The van der Waals surface area contributed by atoms with Gasteiger partial charge in [0.2, 0.25) is 0 Å². The molecular formula is C13H16F3NO. The first-order chi connectivity index (χ1) is 8.48. The predicted octanol–water partition coefficient (Wildman–Crippen LogP) is 3.11. The molecule has 2 atom stereocenters. The summed E-state index contributed by atoms with van der Waals surface area (Å²) in [5.74, 6) is 0.968. The molecule has 2 rings (SSSR count). The Morgan fingerprint density at radius 3 is 2.17 bits per heavy atom. The molecule has 1 aromatic rings. The van der Waals surface area contributed by atoms with E-state index in [1.807, 2.05) is 0 Å². The third-order valence-electron chi connectivity index (χ3n) is 3.53. The van der Waals surface area contributed by atoms with Gasteiger partial charge in [0, 0.05) is 0 Å². The first kappa shape index (κ1) is 13.2. The molecule has 18 heavy (non-hydrogen) atoms. The summed E-state index contributed by atoms with van der Waals surface area (Å²) in [4.78, 5) is 0. The molecule has 5 heteroatoms. The van der Waals surface area contributed by atoms with Gasteiger partial charge in [0.25, 0.3) is 0 Å². The third kappa shape index (κ3) is 3.38. The number of rotatable bonds is 4. The van der Waals surface area contributed by atoms with Crippen molar-refractivity contribution in [2.24, 2.45) is 17.6 Å². The summed E-state index contributed by atoms with van der Waals surface area (Å²) >= 11 is 0. The van der Waals surface area contributed by atoms with E-state index < -0.39 is 6.36 Å². The predicted molar refractivity (Wildman–Crippen MR) is 62.1 cm³/mol. The van der Waals surface area contributed by atoms with E-state index in [1.54, 1.807) is 12.1 Å². The van der Waals surface area contributed by atoms with Gasteiger partial charge in [-0.25, -0.2) is 0 Å². The van der Waals surface area contributed by atoms with E-state index in [1.165, 1.54) is 12.1 Å². The van der Waals surface area contributed by atoms with E-state index in [0.29, 0.717) is 18.4 Å². The fraction of sp³-hybridized carbons (Fsp3) is 0.538. The van der Waals surface area contributed by atoms with Crippen molar-refractivity contribution in [1.82, 2.24) is 0 Å². The van der Waals surface area contributed by atoms with Crippen molar-refractivity contribution in [3.63, 3.8) is 0 Å². The highest BCUT2D eigenvalue weighted by molar-refractivity contribution is 5.28. The SMILES string of the molecule is NCC1CCC1Cc1ccc(OC(F)(F)F)cc1. The van der Waals surface area contributed by atoms with Crippen molar-refractivity contribution in [2.45, 2.75) is 25.6 Å². The molecule has 0 heterocycles. The van der Waals surface area contributed by atoms with E-state index in [0.717, 1.165) is 24.8 Å². The molecule has 0 saturated heterocycles. The molecule has 0 aliphatic heterocycles. The van der Waals surface area contributed by atoms with Crippen molar-refractivity contribution in [1.29, 1.82) is 0 Å². The van der Waals surface area contributed by atoms with Crippen LogP contribution in [-0.4, -0.2) is 12.9 Å². The minimum absolute atomic E-state index is 0.171. The maximum absolute atomic E-state index is 12.0. The van der Waals surface area contributed by atoms with Crippen LogP contribution in [0.2, 0.25) is 0 Å². The fourth-order valence-corrected chi connectivity index (χ4v) is 2.35. The number of hydrogen-bond donors (Lipinski definition) is 1. The number of hydrogen-bond acceptors (Lipinski definition) is 2. The third-order valence-corrected chi connectivity index (χ3v) is 3.53. The summed E-state index contributed by atoms with van der Waals surface area (Å²) in [7, 11) is 0. The molecule has 2 N–H and O–H groups in total. The lowest BCUT2D eigenvalue weighted by molar-refractivity contribution is -0.274. The van der Waals surface area contributed by atoms with Crippen molar-refractivity contribution < 1.29 is 17.9 Å². The van der Waals surface area contributed by atoms with Crippen LogP contribution in [0.1, 0.15) is 18.4 Å². The lowest BCUT2D eigenvalue weighted by Gasteiger charge is -2.36. The van der Waals surface area contributed by atoms with Crippen LogP contribution in [-0.2, 0) is 6.42 Å². The van der Waals surface area contributed by atoms with E-state index in [2.05, 4.69) is 4.74 Å². The van der Waals surface area contributed by atoms with Gasteiger partial charge in [-0.15, -0.1) is 13.2 Å². The van der Waals surface area contributed by atoms with Crippen LogP contribution >= 0.6 is 0 Å². The Hall–Kier alpha value is -1.23. The van der Waals surface area contributed by atoms with Crippen LogP contribution in [0.4, 0.5) is 13.2 Å². The van der Waals surface area contributed by atoms with Crippen LogP contribution in [0.5, 0.6) is 5.75 Å². The Balaban J connectivity index is 1.91. The highest BCUT2D eigenvalue weighted by atomic mass is 19.4. The van der Waals surface area contributed by atoms with Crippen LogP contribution in [0, 0.1) is 11.8 Å². The number of halogens is 3. The van der Waals surface area contributed by atoms with E-state index in [4.69, 9.17) is 5.73 Å². The van der Waals surface area contributed by atoms with E-state index in [9.17, 15) is 13.2 Å². The highest BCUT2D eigenvalue weighted by Crippen LogP contribution is 2.36. The first-order valence-corrected chi connectivity index (χ1v) is 6.02. The zero-order valence-corrected chi connectivity index (χ0v) is 9.91. The van der Waals surface area contributed by atoms with Gasteiger partial charge in [-0.1, -0.05) is 12.1 Å². The lowest BCUT2D eigenvalue weighted by Crippen LogP contribution is -2.33. The largest absolute Gasteiger partial charge is 0.573 e. The second-order valence-electron chi connectivity index (χ2n) is 4.73. The molecule has 2 nitrogen and oxygen atoms in total. The fourth-order valence-electron chi connectivity index (χ4n) is 2.35. The zero-order chi connectivity index (χ0) is 13.2. The summed E-state index contributed by atoms with van der Waals surface area (Å²) in [5, 5.41) is 0. The Labute approximate surface area is 104 Å². The molecule has 0 radical (unpaired) electrons. The monoisotopic (exact) mass is 259 g/mol.